The molecule has 0 heterocycles. The Kier molecular flexibility index (Phi) is 5.42. The quantitative estimate of drug-likeness (QED) is 0.749. The highest BCUT2D eigenvalue weighted by Gasteiger charge is 2.28. The van der Waals surface area contributed by atoms with E-state index in [0.29, 0.717) is 30.1 Å². The number of amides is 2. The molecule has 0 saturated heterocycles. The van der Waals surface area contributed by atoms with Crippen molar-refractivity contribution < 1.29 is 9.59 Å². The molecule has 0 aliphatic heterocycles. The Balaban J connectivity index is 1.85. The minimum Gasteiger partial charge on any atom is -0.352 e. The van der Waals surface area contributed by atoms with Crippen molar-refractivity contribution in [2.24, 2.45) is 17.1 Å². The van der Waals surface area contributed by atoms with Gasteiger partial charge in [0.1, 0.15) is 0 Å². The van der Waals surface area contributed by atoms with Crippen molar-refractivity contribution >= 4 is 11.8 Å². The second kappa shape index (κ2) is 7.13. The van der Waals surface area contributed by atoms with Gasteiger partial charge in [0.05, 0.1) is 0 Å². The Hall–Kier alpha value is -1.88. The highest BCUT2D eigenvalue weighted by molar-refractivity contribution is 5.97. The topological polar surface area (TPSA) is 84.2 Å². The van der Waals surface area contributed by atoms with Crippen molar-refractivity contribution in [2.75, 3.05) is 13.1 Å². The molecule has 1 aliphatic rings. The van der Waals surface area contributed by atoms with Gasteiger partial charge in [-0.3, -0.25) is 9.59 Å². The van der Waals surface area contributed by atoms with Gasteiger partial charge in [0.2, 0.25) is 0 Å². The third-order valence-electron chi connectivity index (χ3n) is 3.91. The average Bonchev–Trinajstić information content (AvgIpc) is 3.34. The van der Waals surface area contributed by atoms with E-state index in [1.54, 1.807) is 24.3 Å². The summed E-state index contributed by atoms with van der Waals surface area (Å²) >= 11 is 0. The summed E-state index contributed by atoms with van der Waals surface area (Å²) in [6, 6.07) is 6.73. The summed E-state index contributed by atoms with van der Waals surface area (Å²) in [5.74, 6) is 0.287. The summed E-state index contributed by atoms with van der Waals surface area (Å²) in [7, 11) is 0. The van der Waals surface area contributed by atoms with E-state index in [1.165, 1.54) is 0 Å². The van der Waals surface area contributed by atoms with Crippen molar-refractivity contribution in [3.63, 3.8) is 0 Å². The van der Waals surface area contributed by atoms with Crippen LogP contribution in [0.15, 0.2) is 24.3 Å². The summed E-state index contributed by atoms with van der Waals surface area (Å²) in [5.41, 5.74) is 7.11. The lowest BCUT2D eigenvalue weighted by Crippen LogP contribution is -2.38. The number of nitrogens with two attached hydrogens (primary N) is 1. The van der Waals surface area contributed by atoms with E-state index >= 15 is 0 Å². The van der Waals surface area contributed by atoms with E-state index in [2.05, 4.69) is 31.4 Å². The number of rotatable bonds is 6. The Morgan fingerprint density at radius 3 is 2.00 bits per heavy atom. The highest BCUT2D eigenvalue weighted by Crippen LogP contribution is 2.31. The summed E-state index contributed by atoms with van der Waals surface area (Å²) in [4.78, 5) is 24.1. The van der Waals surface area contributed by atoms with Gasteiger partial charge >= 0.3 is 0 Å². The van der Waals surface area contributed by atoms with Gasteiger partial charge < -0.3 is 16.4 Å². The fraction of sp³-hybridized carbons (Fsp3) is 0.556. The number of carbonyl (C=O) groups excluding carboxylic acids is 2. The minimum atomic E-state index is -0.150. The number of nitrogens with one attached hydrogen (secondary N) is 2. The minimum absolute atomic E-state index is 0.0375. The van der Waals surface area contributed by atoms with Gasteiger partial charge in [-0.05, 0) is 48.4 Å². The molecular weight excluding hydrogens is 290 g/mol. The first kappa shape index (κ1) is 17.5. The van der Waals surface area contributed by atoms with Crippen molar-refractivity contribution in [3.8, 4) is 0 Å². The van der Waals surface area contributed by atoms with Gasteiger partial charge in [-0.1, -0.05) is 20.8 Å². The van der Waals surface area contributed by atoms with Gasteiger partial charge in [-0.25, -0.2) is 0 Å². The Morgan fingerprint density at radius 2 is 1.57 bits per heavy atom. The van der Waals surface area contributed by atoms with Crippen LogP contribution in [0.5, 0.6) is 0 Å². The summed E-state index contributed by atoms with van der Waals surface area (Å²) in [5, 5.41) is 5.74. The maximum absolute atomic E-state index is 12.1. The number of carbonyl (C=O) groups is 2. The molecule has 0 spiro atoms. The van der Waals surface area contributed by atoms with E-state index in [9.17, 15) is 9.59 Å². The molecule has 5 heteroatoms. The lowest BCUT2D eigenvalue weighted by molar-refractivity contribution is 0.0932. The molecule has 23 heavy (non-hydrogen) atoms. The standard InChI is InChI=1S/C18H27N3O2/c1-18(2,3)11-21-17(23)14-8-6-13(7-9-14)16(22)20-10-15(19)12-4-5-12/h6-9,12,15H,4-5,10-11,19H2,1-3H3,(H,20,22)(H,21,23). The number of hydrogen-bond donors (Lipinski definition) is 3. The largest absolute Gasteiger partial charge is 0.352 e. The second-order valence-electron chi connectivity index (χ2n) is 7.53. The Bertz CT molecular complexity index is 557. The van der Waals surface area contributed by atoms with Gasteiger partial charge in [0, 0.05) is 30.3 Å². The number of hydrogen-bond acceptors (Lipinski definition) is 3. The van der Waals surface area contributed by atoms with Gasteiger partial charge in [-0.2, -0.15) is 0 Å². The molecule has 0 radical (unpaired) electrons. The molecule has 1 fully saturated rings. The predicted molar refractivity (Wildman–Crippen MR) is 91.3 cm³/mol. The van der Waals surface area contributed by atoms with Crippen molar-refractivity contribution in [3.05, 3.63) is 35.4 Å². The van der Waals surface area contributed by atoms with Crippen LogP contribution >= 0.6 is 0 Å². The molecule has 1 saturated carbocycles. The van der Waals surface area contributed by atoms with Crippen LogP contribution in [-0.2, 0) is 0 Å². The molecule has 0 bridgehead atoms. The van der Waals surface area contributed by atoms with Crippen LogP contribution in [0.2, 0.25) is 0 Å². The molecule has 5 nitrogen and oxygen atoms in total. The molecule has 4 N–H and O–H groups in total. The first-order valence-corrected chi connectivity index (χ1v) is 8.18. The third-order valence-corrected chi connectivity index (χ3v) is 3.91. The number of benzene rings is 1. The summed E-state index contributed by atoms with van der Waals surface area (Å²) in [6.07, 6.45) is 2.32. The van der Waals surface area contributed by atoms with Crippen LogP contribution in [0.3, 0.4) is 0 Å². The van der Waals surface area contributed by atoms with E-state index in [0.717, 1.165) is 12.8 Å². The monoisotopic (exact) mass is 317 g/mol. The van der Waals surface area contributed by atoms with Crippen LogP contribution in [0.25, 0.3) is 0 Å². The maximum atomic E-state index is 12.1. The lowest BCUT2D eigenvalue weighted by atomic mass is 9.97. The second-order valence-corrected chi connectivity index (χ2v) is 7.53. The summed E-state index contributed by atoms with van der Waals surface area (Å²) < 4.78 is 0. The van der Waals surface area contributed by atoms with Crippen molar-refractivity contribution in [1.29, 1.82) is 0 Å². The molecule has 1 unspecified atom stereocenters. The molecular formula is C18H27N3O2. The van der Waals surface area contributed by atoms with Gasteiger partial charge in [0.25, 0.3) is 11.8 Å². The van der Waals surface area contributed by atoms with E-state index in [1.807, 2.05) is 0 Å². The fourth-order valence-corrected chi connectivity index (χ4v) is 2.22. The van der Waals surface area contributed by atoms with Crippen molar-refractivity contribution in [1.82, 2.24) is 10.6 Å². The highest BCUT2D eigenvalue weighted by atomic mass is 16.2. The van der Waals surface area contributed by atoms with E-state index in [-0.39, 0.29) is 23.3 Å². The fourth-order valence-electron chi connectivity index (χ4n) is 2.22. The van der Waals surface area contributed by atoms with Crippen LogP contribution in [-0.4, -0.2) is 30.9 Å². The molecule has 1 aromatic carbocycles. The van der Waals surface area contributed by atoms with E-state index in [4.69, 9.17) is 5.73 Å². The molecule has 0 aromatic heterocycles. The zero-order chi connectivity index (χ0) is 17.0. The summed E-state index contributed by atoms with van der Waals surface area (Å²) in [6.45, 7) is 7.29. The van der Waals surface area contributed by atoms with Gasteiger partial charge in [-0.15, -0.1) is 0 Å². The van der Waals surface area contributed by atoms with Crippen LogP contribution in [0.4, 0.5) is 0 Å². The van der Waals surface area contributed by atoms with Crippen LogP contribution < -0.4 is 16.4 Å². The lowest BCUT2D eigenvalue weighted by Gasteiger charge is -2.18. The first-order valence-electron chi connectivity index (χ1n) is 8.18. The molecule has 2 rings (SSSR count). The molecule has 1 atom stereocenters. The van der Waals surface area contributed by atoms with Crippen molar-refractivity contribution in [2.45, 2.75) is 39.7 Å². The third kappa shape index (κ3) is 5.67. The van der Waals surface area contributed by atoms with Gasteiger partial charge in [0.15, 0.2) is 0 Å². The Morgan fingerprint density at radius 1 is 1.09 bits per heavy atom. The predicted octanol–water partition coefficient (Wildman–Crippen LogP) is 1.93. The molecule has 2 amide bonds. The average molecular weight is 317 g/mol. The normalized spacial score (nSPS) is 15.8. The van der Waals surface area contributed by atoms with Crippen LogP contribution in [0.1, 0.15) is 54.3 Å². The molecule has 1 aliphatic carbocycles. The molecule has 1 aromatic rings. The van der Waals surface area contributed by atoms with Crippen LogP contribution in [0, 0.1) is 11.3 Å². The first-order chi connectivity index (χ1) is 10.8. The molecule has 126 valence electrons. The zero-order valence-corrected chi connectivity index (χ0v) is 14.2. The smallest absolute Gasteiger partial charge is 0.251 e. The zero-order valence-electron chi connectivity index (χ0n) is 14.2. The maximum Gasteiger partial charge on any atom is 0.251 e. The SMILES string of the molecule is CC(C)(C)CNC(=O)c1ccc(C(=O)NCC(N)C2CC2)cc1. The Labute approximate surface area is 138 Å². The van der Waals surface area contributed by atoms with E-state index < -0.39 is 0 Å².